The summed E-state index contributed by atoms with van der Waals surface area (Å²) in [5.41, 5.74) is 2.45. The van der Waals surface area contributed by atoms with Gasteiger partial charge in [-0.1, -0.05) is 6.82 Å². The van der Waals surface area contributed by atoms with E-state index in [1.54, 1.807) is 13.7 Å². The molecule has 0 spiro atoms. The number of hydrogen-bond acceptors (Lipinski definition) is 7. The molecule has 0 rings (SSSR count). The Kier molecular flexibility index (Phi) is 10.1. The molecule has 3 N–H and O–H groups in total. The molecule has 0 aromatic heterocycles. The van der Waals surface area contributed by atoms with Gasteiger partial charge in [-0.2, -0.15) is 0 Å². The van der Waals surface area contributed by atoms with Crippen molar-refractivity contribution in [2.45, 2.75) is 19.8 Å². The smallest absolute Gasteiger partial charge is 0.329 e. The average molecular weight is 288 g/mol. The summed E-state index contributed by atoms with van der Waals surface area (Å²) < 4.78 is 13.9. The third kappa shape index (κ3) is 8.32. The number of carbonyl (C=O) groups excluding carboxylic acids is 3. The predicted molar refractivity (Wildman–Crippen MR) is 69.7 cm³/mol. The molecule has 0 heterocycles. The summed E-state index contributed by atoms with van der Waals surface area (Å²) in [6.45, 7) is 3.23. The molecule has 0 saturated heterocycles. The number of esters is 2. The van der Waals surface area contributed by atoms with E-state index in [0.717, 1.165) is 0 Å². The van der Waals surface area contributed by atoms with Crippen molar-refractivity contribution in [2.75, 3.05) is 26.8 Å². The minimum atomic E-state index is -0.956. The molecule has 0 aromatic carbocycles. The molecule has 9 nitrogen and oxygen atoms in total. The van der Waals surface area contributed by atoms with Gasteiger partial charge >= 0.3 is 25.5 Å². The second-order valence-corrected chi connectivity index (χ2v) is 3.41. The highest BCUT2D eigenvalue weighted by atomic mass is 16.6. The normalized spacial score (nSPS) is 11.2. The second kappa shape index (κ2) is 11.1. The van der Waals surface area contributed by atoms with Gasteiger partial charge < -0.3 is 24.9 Å². The number of amides is 2. The van der Waals surface area contributed by atoms with Gasteiger partial charge in [0.05, 0.1) is 20.3 Å². The van der Waals surface area contributed by atoms with Crippen molar-refractivity contribution >= 4 is 25.5 Å². The Balaban J connectivity index is 4.17. The topological polar surface area (TPSA) is 115 Å². The van der Waals surface area contributed by atoms with E-state index in [1.165, 1.54) is 14.6 Å². The fraction of sp³-hybridized carbons (Fsp3) is 0.700. The molecule has 1 atom stereocenters. The molecule has 10 heteroatoms. The lowest BCUT2D eigenvalue weighted by atomic mass is 10.1. The fourth-order valence-corrected chi connectivity index (χ4v) is 1.12. The summed E-state index contributed by atoms with van der Waals surface area (Å²) in [5, 5.41) is 4.59. The number of hydrogen-bond donors (Lipinski definition) is 3. The molecule has 0 aliphatic heterocycles. The summed E-state index contributed by atoms with van der Waals surface area (Å²) in [4.78, 5) is 34.0. The summed E-state index contributed by atoms with van der Waals surface area (Å²) >= 11 is 0. The maximum absolute atomic E-state index is 11.5. The Labute approximate surface area is 117 Å². The van der Waals surface area contributed by atoms with Crippen LogP contribution in [0.5, 0.6) is 0 Å². The average Bonchev–Trinajstić information content (AvgIpc) is 2.43. The standard InChI is InChI=1S/C10H19BN3O6/c1-4-19-8(15)6-12-10(17)14-7(9(16)18-3)5-13-20-11-2/h7,13H,4-6H2,1-3H3,(H2,12,14,17). The zero-order chi connectivity index (χ0) is 15.4. The molecule has 0 bridgehead atoms. The zero-order valence-electron chi connectivity index (χ0n) is 11.7. The SMILES string of the molecule is C[B]ONCC(NC(=O)NCC(=O)OCC)C(=O)OC. The van der Waals surface area contributed by atoms with Crippen molar-refractivity contribution in [1.82, 2.24) is 16.1 Å². The summed E-state index contributed by atoms with van der Waals surface area (Å²) in [5.74, 6) is -1.22. The number of nitrogens with one attached hydrogen (secondary N) is 3. The number of urea groups is 1. The Morgan fingerprint density at radius 2 is 2.00 bits per heavy atom. The van der Waals surface area contributed by atoms with E-state index in [1.807, 2.05) is 0 Å². The van der Waals surface area contributed by atoms with E-state index in [9.17, 15) is 14.4 Å². The molecular formula is C10H19BN3O6. The molecule has 0 aliphatic rings. The number of hydroxylamine groups is 1. The first kappa shape index (κ1) is 18.2. The van der Waals surface area contributed by atoms with Gasteiger partial charge in [0.15, 0.2) is 0 Å². The van der Waals surface area contributed by atoms with Crippen LogP contribution in [0.2, 0.25) is 6.82 Å². The maximum atomic E-state index is 11.5. The molecule has 0 saturated carbocycles. The van der Waals surface area contributed by atoms with Crippen LogP contribution in [-0.4, -0.2) is 58.3 Å². The summed E-state index contributed by atoms with van der Waals surface area (Å²) in [7, 11) is 2.56. The third-order valence-corrected chi connectivity index (χ3v) is 1.98. The molecule has 0 aliphatic carbocycles. The van der Waals surface area contributed by atoms with Gasteiger partial charge in [0.2, 0.25) is 0 Å². The molecule has 113 valence electrons. The minimum absolute atomic E-state index is 0.00381. The molecule has 2 amide bonds. The number of carbonyl (C=O) groups is 3. The van der Waals surface area contributed by atoms with Crippen LogP contribution < -0.4 is 16.1 Å². The summed E-state index contributed by atoms with van der Waals surface area (Å²) in [6.07, 6.45) is 0. The van der Waals surface area contributed by atoms with E-state index < -0.39 is 24.0 Å². The van der Waals surface area contributed by atoms with Crippen molar-refractivity contribution in [3.63, 3.8) is 0 Å². The van der Waals surface area contributed by atoms with Gasteiger partial charge in [-0.05, 0) is 6.92 Å². The summed E-state index contributed by atoms with van der Waals surface area (Å²) in [6, 6.07) is -1.65. The lowest BCUT2D eigenvalue weighted by Crippen LogP contribution is -2.51. The molecule has 20 heavy (non-hydrogen) atoms. The Hall–Kier alpha value is -1.81. The molecular weight excluding hydrogens is 269 g/mol. The van der Waals surface area contributed by atoms with E-state index in [4.69, 9.17) is 4.76 Å². The third-order valence-electron chi connectivity index (χ3n) is 1.98. The van der Waals surface area contributed by atoms with Crippen molar-refractivity contribution in [2.24, 2.45) is 0 Å². The molecule has 1 radical (unpaired) electrons. The quantitative estimate of drug-likeness (QED) is 0.206. The van der Waals surface area contributed by atoms with Gasteiger partial charge in [0.1, 0.15) is 12.6 Å². The fourth-order valence-electron chi connectivity index (χ4n) is 1.12. The van der Waals surface area contributed by atoms with Crippen LogP contribution in [-0.2, 0) is 23.8 Å². The largest absolute Gasteiger partial charge is 0.467 e. The Morgan fingerprint density at radius 3 is 2.55 bits per heavy atom. The minimum Gasteiger partial charge on any atom is -0.467 e. The predicted octanol–water partition coefficient (Wildman–Crippen LogP) is -1.42. The zero-order valence-corrected chi connectivity index (χ0v) is 11.7. The number of methoxy groups -OCH3 is 1. The first-order valence-electron chi connectivity index (χ1n) is 5.99. The highest BCUT2D eigenvalue weighted by molar-refractivity contribution is 6.24. The molecule has 1 unspecified atom stereocenters. The van der Waals surface area contributed by atoms with Crippen LogP contribution in [0.1, 0.15) is 6.92 Å². The first-order chi connectivity index (χ1) is 9.54. The van der Waals surface area contributed by atoms with E-state index in [0.29, 0.717) is 0 Å². The van der Waals surface area contributed by atoms with Gasteiger partial charge in [-0.3, -0.25) is 4.79 Å². The van der Waals surface area contributed by atoms with Crippen molar-refractivity contribution in [3.8, 4) is 0 Å². The van der Waals surface area contributed by atoms with Crippen LogP contribution in [0.25, 0.3) is 0 Å². The van der Waals surface area contributed by atoms with Crippen molar-refractivity contribution in [1.29, 1.82) is 0 Å². The van der Waals surface area contributed by atoms with Crippen molar-refractivity contribution in [3.05, 3.63) is 0 Å². The van der Waals surface area contributed by atoms with Gasteiger partial charge in [-0.25, -0.2) is 15.1 Å². The number of rotatable bonds is 9. The second-order valence-electron chi connectivity index (χ2n) is 3.41. The highest BCUT2D eigenvalue weighted by Gasteiger charge is 2.21. The Morgan fingerprint density at radius 1 is 1.30 bits per heavy atom. The van der Waals surface area contributed by atoms with Crippen LogP contribution in [0.4, 0.5) is 4.79 Å². The monoisotopic (exact) mass is 288 g/mol. The highest BCUT2D eigenvalue weighted by Crippen LogP contribution is 1.87. The molecule has 0 aromatic rings. The lowest BCUT2D eigenvalue weighted by Gasteiger charge is -2.17. The lowest BCUT2D eigenvalue weighted by molar-refractivity contribution is -0.143. The van der Waals surface area contributed by atoms with Gasteiger partial charge in [0.25, 0.3) is 0 Å². The van der Waals surface area contributed by atoms with E-state index in [2.05, 4.69) is 25.6 Å². The van der Waals surface area contributed by atoms with Crippen LogP contribution >= 0.6 is 0 Å². The van der Waals surface area contributed by atoms with E-state index in [-0.39, 0.29) is 19.7 Å². The van der Waals surface area contributed by atoms with Crippen LogP contribution in [0.15, 0.2) is 0 Å². The van der Waals surface area contributed by atoms with Crippen LogP contribution in [0, 0.1) is 0 Å². The Bertz CT molecular complexity index is 328. The van der Waals surface area contributed by atoms with Gasteiger partial charge in [-0.15, -0.1) is 0 Å². The number of ether oxygens (including phenoxy) is 2. The van der Waals surface area contributed by atoms with Crippen LogP contribution in [0.3, 0.4) is 0 Å². The maximum Gasteiger partial charge on any atom is 0.329 e. The van der Waals surface area contributed by atoms with Crippen molar-refractivity contribution < 1.29 is 28.6 Å². The molecule has 0 fully saturated rings. The first-order valence-corrected chi connectivity index (χ1v) is 5.99. The van der Waals surface area contributed by atoms with Gasteiger partial charge in [0, 0.05) is 0 Å². The van der Waals surface area contributed by atoms with E-state index >= 15 is 0 Å².